The Balaban J connectivity index is 2.09. The molecule has 0 aromatic rings. The number of ether oxygens (including phenoxy) is 2. The van der Waals surface area contributed by atoms with Crippen LogP contribution in [0.4, 0.5) is 13.2 Å². The predicted molar refractivity (Wildman–Crippen MR) is 36.2 cm³/mol. The molecule has 0 aliphatic carbocycles. The second-order valence-corrected chi connectivity index (χ2v) is 2.24. The predicted octanol–water partition coefficient (Wildman–Crippen LogP) is 0.924. The third-order valence-electron chi connectivity index (χ3n) is 1.18. The van der Waals surface area contributed by atoms with E-state index < -0.39 is 12.5 Å². The number of hydrogen-bond acceptors (Lipinski definition) is 4. The van der Waals surface area contributed by atoms with E-state index in [1.807, 2.05) is 0 Å². The van der Waals surface area contributed by atoms with Crippen LogP contribution < -0.4 is 0 Å². The standard InChI is InChI=1S/C6H8F3NO3/c7-6(8,9)4-10-13-3-5-11-1-2-12-5/h4-5H,1-3H2. The molecule has 7 heteroatoms. The lowest BCUT2D eigenvalue weighted by molar-refractivity contribution is -0.0968. The quantitative estimate of drug-likeness (QED) is 0.501. The van der Waals surface area contributed by atoms with Crippen LogP contribution >= 0.6 is 0 Å². The highest BCUT2D eigenvalue weighted by molar-refractivity contribution is 5.63. The molecule has 0 amide bonds. The minimum absolute atomic E-state index is 0.132. The van der Waals surface area contributed by atoms with Crippen molar-refractivity contribution in [2.24, 2.45) is 5.16 Å². The van der Waals surface area contributed by atoms with Crippen molar-refractivity contribution in [3.8, 4) is 0 Å². The van der Waals surface area contributed by atoms with Crippen molar-refractivity contribution < 1.29 is 27.5 Å². The van der Waals surface area contributed by atoms with Crippen LogP contribution in [0.3, 0.4) is 0 Å². The first-order chi connectivity index (χ1) is 6.08. The van der Waals surface area contributed by atoms with Gasteiger partial charge in [-0.2, -0.15) is 13.2 Å². The van der Waals surface area contributed by atoms with Gasteiger partial charge in [0.25, 0.3) is 0 Å². The third-order valence-corrected chi connectivity index (χ3v) is 1.18. The fraction of sp³-hybridized carbons (Fsp3) is 0.833. The minimum atomic E-state index is -4.45. The van der Waals surface area contributed by atoms with Crippen LogP contribution in [-0.4, -0.2) is 38.5 Å². The number of hydrogen-bond donors (Lipinski definition) is 0. The topological polar surface area (TPSA) is 40.0 Å². The van der Waals surface area contributed by atoms with Gasteiger partial charge in [-0.3, -0.25) is 0 Å². The second-order valence-electron chi connectivity index (χ2n) is 2.24. The van der Waals surface area contributed by atoms with Crippen molar-refractivity contribution in [3.05, 3.63) is 0 Å². The molecule has 1 rings (SSSR count). The molecule has 76 valence electrons. The summed E-state index contributed by atoms with van der Waals surface area (Å²) >= 11 is 0. The molecule has 1 aliphatic heterocycles. The zero-order valence-electron chi connectivity index (χ0n) is 6.58. The van der Waals surface area contributed by atoms with Crippen LogP contribution in [0.15, 0.2) is 5.16 Å². The van der Waals surface area contributed by atoms with Crippen LogP contribution in [0.1, 0.15) is 0 Å². The van der Waals surface area contributed by atoms with Crippen molar-refractivity contribution >= 4 is 6.21 Å². The molecular formula is C6H8F3NO3. The molecule has 0 atom stereocenters. The van der Waals surface area contributed by atoms with Gasteiger partial charge in [0, 0.05) is 0 Å². The van der Waals surface area contributed by atoms with E-state index >= 15 is 0 Å². The molecule has 0 saturated carbocycles. The maximum absolute atomic E-state index is 11.5. The highest BCUT2D eigenvalue weighted by Crippen LogP contribution is 2.10. The molecular weight excluding hydrogens is 191 g/mol. The molecule has 0 unspecified atom stereocenters. The van der Waals surface area contributed by atoms with Crippen molar-refractivity contribution in [1.29, 1.82) is 0 Å². The minimum Gasteiger partial charge on any atom is -0.390 e. The lowest BCUT2D eigenvalue weighted by Gasteiger charge is -2.06. The summed E-state index contributed by atoms with van der Waals surface area (Å²) < 4.78 is 44.2. The van der Waals surface area contributed by atoms with Gasteiger partial charge < -0.3 is 14.3 Å². The SMILES string of the molecule is FC(F)(F)C=NOCC1OCCO1. The fourth-order valence-corrected chi connectivity index (χ4v) is 0.704. The van der Waals surface area contributed by atoms with E-state index in [4.69, 9.17) is 9.47 Å². The number of alkyl halides is 3. The molecule has 0 bridgehead atoms. The average Bonchev–Trinajstić information content (AvgIpc) is 2.48. The van der Waals surface area contributed by atoms with E-state index in [9.17, 15) is 13.2 Å². The molecule has 1 heterocycles. The summed E-state index contributed by atoms with van der Waals surface area (Å²) in [5, 5.41) is 2.70. The third kappa shape index (κ3) is 4.69. The van der Waals surface area contributed by atoms with Gasteiger partial charge >= 0.3 is 6.18 Å². The van der Waals surface area contributed by atoms with Gasteiger partial charge in [-0.15, -0.1) is 0 Å². The molecule has 0 aromatic heterocycles. The van der Waals surface area contributed by atoms with Crippen molar-refractivity contribution in [2.45, 2.75) is 12.5 Å². The van der Waals surface area contributed by atoms with Crippen LogP contribution in [-0.2, 0) is 14.3 Å². The van der Waals surface area contributed by atoms with Crippen LogP contribution in [0.25, 0.3) is 0 Å². The Morgan fingerprint density at radius 3 is 2.54 bits per heavy atom. The first-order valence-electron chi connectivity index (χ1n) is 3.54. The van der Waals surface area contributed by atoms with Gasteiger partial charge in [0.05, 0.1) is 13.2 Å². The zero-order valence-corrected chi connectivity index (χ0v) is 6.58. The van der Waals surface area contributed by atoms with Gasteiger partial charge in [-0.25, -0.2) is 0 Å². The molecule has 0 N–H and O–H groups in total. The van der Waals surface area contributed by atoms with Crippen LogP contribution in [0.2, 0.25) is 0 Å². The number of rotatable bonds is 3. The summed E-state index contributed by atoms with van der Waals surface area (Å²) in [7, 11) is 0. The summed E-state index contributed by atoms with van der Waals surface area (Å²) in [6.45, 7) is 0.723. The summed E-state index contributed by atoms with van der Waals surface area (Å²) in [6, 6.07) is 0. The highest BCUT2D eigenvalue weighted by atomic mass is 19.4. The fourth-order valence-electron chi connectivity index (χ4n) is 0.704. The molecule has 1 saturated heterocycles. The Kier molecular flexibility index (Phi) is 3.49. The van der Waals surface area contributed by atoms with Crippen LogP contribution in [0.5, 0.6) is 0 Å². The summed E-state index contributed by atoms with van der Waals surface area (Å²) in [5.74, 6) is 0. The summed E-state index contributed by atoms with van der Waals surface area (Å²) in [5.41, 5.74) is 0. The van der Waals surface area contributed by atoms with Gasteiger partial charge in [-0.05, 0) is 0 Å². The summed E-state index contributed by atoms with van der Waals surface area (Å²) in [4.78, 5) is 4.29. The van der Waals surface area contributed by atoms with Gasteiger partial charge in [0.2, 0.25) is 0 Å². The van der Waals surface area contributed by atoms with Gasteiger partial charge in [-0.1, -0.05) is 5.16 Å². The monoisotopic (exact) mass is 199 g/mol. The second kappa shape index (κ2) is 4.43. The van der Waals surface area contributed by atoms with Gasteiger partial charge in [0.1, 0.15) is 6.21 Å². The molecule has 1 aliphatic rings. The Morgan fingerprint density at radius 2 is 2.00 bits per heavy atom. The first-order valence-corrected chi connectivity index (χ1v) is 3.54. The van der Waals surface area contributed by atoms with E-state index in [1.165, 1.54) is 0 Å². The van der Waals surface area contributed by atoms with E-state index in [2.05, 4.69) is 9.99 Å². The van der Waals surface area contributed by atoms with E-state index in [-0.39, 0.29) is 12.8 Å². The number of oxime groups is 1. The molecule has 0 spiro atoms. The lowest BCUT2D eigenvalue weighted by atomic mass is 10.7. The normalized spacial score (nSPS) is 19.9. The summed E-state index contributed by atoms with van der Waals surface area (Å²) in [6.07, 6.45) is -5.29. The highest BCUT2D eigenvalue weighted by Gasteiger charge is 2.24. The first kappa shape index (κ1) is 10.3. The largest absolute Gasteiger partial charge is 0.429 e. The maximum Gasteiger partial charge on any atom is 0.429 e. The average molecular weight is 199 g/mol. The number of nitrogens with zero attached hydrogens (tertiary/aromatic N) is 1. The van der Waals surface area contributed by atoms with E-state index in [0.29, 0.717) is 13.2 Å². The maximum atomic E-state index is 11.5. The Bertz CT molecular complexity index is 176. The smallest absolute Gasteiger partial charge is 0.390 e. The molecule has 1 fully saturated rings. The van der Waals surface area contributed by atoms with Gasteiger partial charge in [0.15, 0.2) is 12.9 Å². The number of halogens is 3. The molecule has 0 aromatic carbocycles. The van der Waals surface area contributed by atoms with E-state index in [1.54, 1.807) is 0 Å². The van der Waals surface area contributed by atoms with Crippen molar-refractivity contribution in [2.75, 3.05) is 19.8 Å². The van der Waals surface area contributed by atoms with Crippen molar-refractivity contribution in [3.63, 3.8) is 0 Å². The molecule has 0 radical (unpaired) electrons. The Labute approximate surface area is 72.2 Å². The van der Waals surface area contributed by atoms with E-state index in [0.717, 1.165) is 0 Å². The lowest BCUT2D eigenvalue weighted by Crippen LogP contribution is -2.15. The molecule has 4 nitrogen and oxygen atoms in total. The Hall–Kier alpha value is -0.820. The zero-order chi connectivity index (χ0) is 9.73. The van der Waals surface area contributed by atoms with Crippen molar-refractivity contribution in [1.82, 2.24) is 0 Å². The van der Waals surface area contributed by atoms with Crippen LogP contribution in [0, 0.1) is 0 Å². The Morgan fingerprint density at radius 1 is 1.38 bits per heavy atom. The molecule has 13 heavy (non-hydrogen) atoms.